The molecule has 0 radical (unpaired) electrons. The van der Waals surface area contributed by atoms with E-state index in [1.807, 2.05) is 30.3 Å². The number of hydrogen-bond donors (Lipinski definition) is 2. The number of fused-ring (bicyclic) bond motifs is 3. The molecule has 1 amide bonds. The molecule has 8 heteroatoms. The van der Waals surface area contributed by atoms with Crippen LogP contribution in [0.5, 0.6) is 5.75 Å². The van der Waals surface area contributed by atoms with Crippen LogP contribution >= 0.6 is 0 Å². The average molecular weight is 451 g/mol. The summed E-state index contributed by atoms with van der Waals surface area (Å²) in [6.45, 7) is 1.76. The van der Waals surface area contributed by atoms with Crippen molar-refractivity contribution in [2.45, 2.75) is 30.7 Å². The number of aryl methyl sites for hydroxylation is 1. The zero-order valence-corrected chi connectivity index (χ0v) is 18.5. The van der Waals surface area contributed by atoms with E-state index in [0.717, 1.165) is 29.2 Å². The van der Waals surface area contributed by atoms with Crippen molar-refractivity contribution >= 4 is 43.6 Å². The van der Waals surface area contributed by atoms with Crippen molar-refractivity contribution in [3.63, 3.8) is 0 Å². The van der Waals surface area contributed by atoms with Crippen LogP contribution in [0.2, 0.25) is 0 Å². The SMILES string of the molecule is COc1cc2c(cc1NC(=O)c1cc(S(=O)(=O)NC3CC3)ccc1C)oc1ccccc12. The van der Waals surface area contributed by atoms with E-state index in [1.54, 1.807) is 19.1 Å². The van der Waals surface area contributed by atoms with Crippen LogP contribution in [0.15, 0.2) is 63.9 Å². The van der Waals surface area contributed by atoms with Crippen LogP contribution in [0.25, 0.3) is 21.9 Å². The molecule has 0 bridgehead atoms. The maximum absolute atomic E-state index is 13.1. The molecule has 1 aliphatic rings. The first-order valence-corrected chi connectivity index (χ1v) is 11.8. The van der Waals surface area contributed by atoms with Crippen molar-refractivity contribution in [2.24, 2.45) is 0 Å². The Morgan fingerprint density at radius 1 is 1.03 bits per heavy atom. The Kier molecular flexibility index (Phi) is 4.91. The second kappa shape index (κ2) is 7.65. The topological polar surface area (TPSA) is 97.6 Å². The summed E-state index contributed by atoms with van der Waals surface area (Å²) in [5.74, 6) is 0.0500. The molecule has 1 fully saturated rings. The van der Waals surface area contributed by atoms with Crippen molar-refractivity contribution in [3.8, 4) is 5.75 Å². The zero-order chi connectivity index (χ0) is 22.5. The molecular formula is C24H22N2O5S. The number of anilines is 1. The van der Waals surface area contributed by atoms with E-state index in [0.29, 0.717) is 22.6 Å². The number of nitrogens with one attached hydrogen (secondary N) is 2. The Morgan fingerprint density at radius 2 is 1.81 bits per heavy atom. The molecule has 0 atom stereocenters. The van der Waals surface area contributed by atoms with Gasteiger partial charge in [0.1, 0.15) is 16.9 Å². The molecule has 164 valence electrons. The lowest BCUT2D eigenvalue weighted by atomic mass is 10.1. The fraction of sp³-hybridized carbons (Fsp3) is 0.208. The van der Waals surface area contributed by atoms with E-state index < -0.39 is 15.9 Å². The van der Waals surface area contributed by atoms with Crippen molar-refractivity contribution in [1.29, 1.82) is 0 Å². The van der Waals surface area contributed by atoms with Crippen LogP contribution in [0.4, 0.5) is 5.69 Å². The molecule has 32 heavy (non-hydrogen) atoms. The Hall–Kier alpha value is -3.36. The minimum atomic E-state index is -3.67. The number of sulfonamides is 1. The van der Waals surface area contributed by atoms with Crippen LogP contribution in [0.1, 0.15) is 28.8 Å². The standard InChI is InChI=1S/C24H22N2O5S/c1-14-7-10-16(32(28,29)26-15-8-9-15)11-18(14)24(27)25-20-13-22-19(12-23(20)30-2)17-5-3-4-6-21(17)31-22/h3-7,10-13,15,26H,8-9H2,1-2H3,(H,25,27). The summed E-state index contributed by atoms with van der Waals surface area (Å²) in [4.78, 5) is 13.2. The Balaban J connectivity index is 1.50. The number of amides is 1. The lowest BCUT2D eigenvalue weighted by Crippen LogP contribution is -2.26. The number of para-hydroxylation sites is 1. The fourth-order valence-electron chi connectivity index (χ4n) is 3.71. The number of rotatable bonds is 6. The molecule has 7 nitrogen and oxygen atoms in total. The highest BCUT2D eigenvalue weighted by Gasteiger charge is 2.28. The van der Waals surface area contributed by atoms with Gasteiger partial charge in [0.15, 0.2) is 0 Å². The molecule has 3 aromatic carbocycles. The molecule has 0 unspecified atom stereocenters. The molecule has 1 heterocycles. The van der Waals surface area contributed by atoms with Gasteiger partial charge < -0.3 is 14.5 Å². The van der Waals surface area contributed by atoms with Gasteiger partial charge in [0, 0.05) is 28.4 Å². The number of carbonyl (C=O) groups is 1. The summed E-state index contributed by atoms with van der Waals surface area (Å²) in [5, 5.41) is 4.68. The van der Waals surface area contributed by atoms with Crippen molar-refractivity contribution in [3.05, 3.63) is 65.7 Å². The minimum absolute atomic E-state index is 0.0154. The van der Waals surface area contributed by atoms with Crippen molar-refractivity contribution in [2.75, 3.05) is 12.4 Å². The molecule has 1 aliphatic carbocycles. The van der Waals surface area contributed by atoms with Crippen LogP contribution in [-0.2, 0) is 10.0 Å². The van der Waals surface area contributed by atoms with Crippen molar-refractivity contribution < 1.29 is 22.4 Å². The summed E-state index contributed by atoms with van der Waals surface area (Å²) in [6.07, 6.45) is 1.67. The molecule has 1 saturated carbocycles. The molecule has 1 aromatic heterocycles. The smallest absolute Gasteiger partial charge is 0.256 e. The van der Waals surface area contributed by atoms with Gasteiger partial charge in [-0.1, -0.05) is 24.3 Å². The number of carbonyl (C=O) groups excluding carboxylic acids is 1. The highest BCUT2D eigenvalue weighted by Crippen LogP contribution is 2.36. The third-order valence-electron chi connectivity index (χ3n) is 5.61. The molecule has 5 rings (SSSR count). The highest BCUT2D eigenvalue weighted by molar-refractivity contribution is 7.89. The predicted octanol–water partition coefficient (Wildman–Crippen LogP) is 4.60. The highest BCUT2D eigenvalue weighted by atomic mass is 32.2. The Labute approximate surface area is 185 Å². The second-order valence-electron chi connectivity index (χ2n) is 7.97. The van der Waals surface area contributed by atoms with Crippen LogP contribution in [-0.4, -0.2) is 27.5 Å². The van der Waals surface area contributed by atoms with Crippen LogP contribution in [0.3, 0.4) is 0 Å². The van der Waals surface area contributed by atoms with Gasteiger partial charge in [-0.05, 0) is 49.6 Å². The average Bonchev–Trinajstić information content (AvgIpc) is 3.50. The molecule has 0 saturated heterocycles. The summed E-state index contributed by atoms with van der Waals surface area (Å²) in [5.41, 5.74) is 2.73. The summed E-state index contributed by atoms with van der Waals surface area (Å²) < 4.78 is 39.2. The maximum Gasteiger partial charge on any atom is 0.256 e. The zero-order valence-electron chi connectivity index (χ0n) is 17.6. The largest absolute Gasteiger partial charge is 0.495 e. The fourth-order valence-corrected chi connectivity index (χ4v) is 5.04. The van der Waals surface area contributed by atoms with Gasteiger partial charge >= 0.3 is 0 Å². The Bertz CT molecular complexity index is 1470. The van der Waals surface area contributed by atoms with Gasteiger partial charge in [-0.15, -0.1) is 0 Å². The van der Waals surface area contributed by atoms with Crippen molar-refractivity contribution in [1.82, 2.24) is 4.72 Å². The Morgan fingerprint density at radius 3 is 2.56 bits per heavy atom. The normalized spacial score (nSPS) is 14.1. The van der Waals surface area contributed by atoms with E-state index in [1.165, 1.54) is 19.2 Å². The number of hydrogen-bond acceptors (Lipinski definition) is 5. The molecule has 0 spiro atoms. The van der Waals surface area contributed by atoms with Gasteiger partial charge in [0.05, 0.1) is 17.7 Å². The van der Waals surface area contributed by atoms with Gasteiger partial charge in [-0.3, -0.25) is 4.79 Å². The predicted molar refractivity (Wildman–Crippen MR) is 123 cm³/mol. The summed E-state index contributed by atoms with van der Waals surface area (Å²) >= 11 is 0. The quantitative estimate of drug-likeness (QED) is 0.448. The van der Waals surface area contributed by atoms with Crippen LogP contribution < -0.4 is 14.8 Å². The van der Waals surface area contributed by atoms with E-state index >= 15 is 0 Å². The first kappa shape index (κ1) is 20.5. The van der Waals surface area contributed by atoms with Gasteiger partial charge in [0.2, 0.25) is 10.0 Å². The van der Waals surface area contributed by atoms with Crippen LogP contribution in [0, 0.1) is 6.92 Å². The van der Waals surface area contributed by atoms with Gasteiger partial charge in [0.25, 0.3) is 5.91 Å². The third kappa shape index (κ3) is 3.72. The monoisotopic (exact) mass is 450 g/mol. The maximum atomic E-state index is 13.1. The van der Waals surface area contributed by atoms with Gasteiger partial charge in [-0.25, -0.2) is 13.1 Å². The van der Waals surface area contributed by atoms with E-state index in [4.69, 9.17) is 9.15 Å². The number of furan rings is 1. The molecule has 0 aliphatic heterocycles. The van der Waals surface area contributed by atoms with E-state index in [2.05, 4.69) is 10.0 Å². The number of benzene rings is 3. The number of methoxy groups -OCH3 is 1. The molecule has 2 N–H and O–H groups in total. The first-order chi connectivity index (χ1) is 15.4. The molecule has 4 aromatic rings. The lowest BCUT2D eigenvalue weighted by molar-refractivity contribution is 0.102. The summed E-state index contributed by atoms with van der Waals surface area (Å²) in [6, 6.07) is 15.7. The first-order valence-electron chi connectivity index (χ1n) is 10.3. The summed E-state index contributed by atoms with van der Waals surface area (Å²) in [7, 11) is -2.14. The van der Waals surface area contributed by atoms with E-state index in [-0.39, 0.29) is 16.5 Å². The minimum Gasteiger partial charge on any atom is -0.495 e. The van der Waals surface area contributed by atoms with Gasteiger partial charge in [-0.2, -0.15) is 0 Å². The lowest BCUT2D eigenvalue weighted by Gasteiger charge is -2.13. The van der Waals surface area contributed by atoms with E-state index in [9.17, 15) is 13.2 Å². The number of ether oxygens (including phenoxy) is 1. The molecular weight excluding hydrogens is 428 g/mol. The third-order valence-corrected chi connectivity index (χ3v) is 7.13. The second-order valence-corrected chi connectivity index (χ2v) is 9.69.